The predicted octanol–water partition coefficient (Wildman–Crippen LogP) is 1.24. The van der Waals surface area contributed by atoms with Crippen LogP contribution >= 0.6 is 0 Å². The number of hydrogen-bond donors (Lipinski definition) is 1. The molecule has 2 aromatic carbocycles. The van der Waals surface area contributed by atoms with Gasteiger partial charge in [-0.3, -0.25) is 14.4 Å². The molecule has 2 amide bonds. The van der Waals surface area contributed by atoms with E-state index in [9.17, 15) is 18.8 Å². The van der Waals surface area contributed by atoms with Crippen molar-refractivity contribution in [1.82, 2.24) is 0 Å². The lowest BCUT2D eigenvalue weighted by Crippen LogP contribution is -3.16. The number of nitrogens with zero attached hydrogens (tertiary/aromatic N) is 1. The summed E-state index contributed by atoms with van der Waals surface area (Å²) in [6.07, 6.45) is 1.72. The molecule has 0 aromatic heterocycles. The van der Waals surface area contributed by atoms with E-state index in [-0.39, 0.29) is 23.4 Å². The molecule has 0 radical (unpaired) electrons. The van der Waals surface area contributed by atoms with Gasteiger partial charge in [-0.15, -0.1) is 0 Å². The van der Waals surface area contributed by atoms with Gasteiger partial charge < -0.3 is 4.90 Å². The summed E-state index contributed by atoms with van der Waals surface area (Å²) in [5.41, 5.74) is 0.535. The number of fused-ring (bicyclic) bond motifs is 3. The number of carbonyl (C=O) groups excluding carboxylic acids is 3. The Balaban J connectivity index is 1.58. The normalized spacial score (nSPS) is 31.2. The summed E-state index contributed by atoms with van der Waals surface area (Å²) < 4.78 is 14.3. The van der Waals surface area contributed by atoms with Crippen LogP contribution in [-0.2, 0) is 9.59 Å². The largest absolute Gasteiger partial charge is 0.322 e. The maximum atomic E-state index is 14.3. The molecule has 0 spiro atoms. The van der Waals surface area contributed by atoms with Crippen LogP contribution in [0.4, 0.5) is 10.1 Å². The zero-order chi connectivity index (χ0) is 19.4. The molecule has 5 rings (SSSR count). The SMILES string of the molecule is O=C(c1ccccc1)[C@@H]1[C@@H]2C(=O)N(c3ccccc3F)C(=O)[C@@H]2[C@H]2CCC[NH+]21. The highest BCUT2D eigenvalue weighted by molar-refractivity contribution is 6.24. The van der Waals surface area contributed by atoms with E-state index < -0.39 is 29.6 Å². The van der Waals surface area contributed by atoms with Gasteiger partial charge in [0, 0.05) is 18.4 Å². The Bertz CT molecular complexity index is 977. The van der Waals surface area contributed by atoms with Gasteiger partial charge in [-0.05, 0) is 12.1 Å². The summed E-state index contributed by atoms with van der Waals surface area (Å²) in [6, 6.07) is 14.1. The molecule has 5 nitrogen and oxygen atoms in total. The molecule has 6 heteroatoms. The van der Waals surface area contributed by atoms with Crippen molar-refractivity contribution in [3.63, 3.8) is 0 Å². The molecule has 3 fully saturated rings. The molecule has 3 saturated heterocycles. The van der Waals surface area contributed by atoms with Gasteiger partial charge in [0.1, 0.15) is 23.7 Å². The number of benzene rings is 2. The second kappa shape index (κ2) is 6.34. The van der Waals surface area contributed by atoms with Gasteiger partial charge in [0.15, 0.2) is 6.04 Å². The van der Waals surface area contributed by atoms with Gasteiger partial charge >= 0.3 is 0 Å². The number of nitrogens with one attached hydrogen (secondary N) is 1. The highest BCUT2D eigenvalue weighted by Gasteiger charge is 2.68. The van der Waals surface area contributed by atoms with Crippen LogP contribution in [0.25, 0.3) is 0 Å². The number of ketones is 1. The number of amides is 2. The molecule has 0 saturated carbocycles. The molecule has 142 valence electrons. The number of quaternary nitrogens is 1. The van der Waals surface area contributed by atoms with E-state index in [4.69, 9.17) is 0 Å². The smallest absolute Gasteiger partial charge is 0.244 e. The third kappa shape index (κ3) is 2.31. The van der Waals surface area contributed by atoms with Crippen LogP contribution in [0.3, 0.4) is 0 Å². The number of imide groups is 1. The van der Waals surface area contributed by atoms with E-state index in [1.165, 1.54) is 18.2 Å². The summed E-state index contributed by atoms with van der Waals surface area (Å²) in [6.45, 7) is 0.779. The van der Waals surface area contributed by atoms with Crippen LogP contribution in [0.1, 0.15) is 23.2 Å². The Morgan fingerprint density at radius 3 is 2.39 bits per heavy atom. The van der Waals surface area contributed by atoms with E-state index in [0.717, 1.165) is 29.2 Å². The van der Waals surface area contributed by atoms with Gasteiger partial charge in [0.25, 0.3) is 0 Å². The minimum Gasteiger partial charge on any atom is -0.322 e. The second-order valence-electron chi connectivity index (χ2n) is 7.80. The Morgan fingerprint density at radius 2 is 1.64 bits per heavy atom. The molecule has 3 aliphatic heterocycles. The fraction of sp³-hybridized carbons (Fsp3) is 0.318. The van der Waals surface area contributed by atoms with E-state index >= 15 is 0 Å². The Hall–Kier alpha value is -2.86. The molecule has 28 heavy (non-hydrogen) atoms. The van der Waals surface area contributed by atoms with Crippen LogP contribution in [0.2, 0.25) is 0 Å². The predicted molar refractivity (Wildman–Crippen MR) is 99.3 cm³/mol. The van der Waals surface area contributed by atoms with Crippen LogP contribution in [0.5, 0.6) is 0 Å². The van der Waals surface area contributed by atoms with Crippen molar-refractivity contribution in [2.75, 3.05) is 11.4 Å². The Morgan fingerprint density at radius 1 is 0.964 bits per heavy atom. The summed E-state index contributed by atoms with van der Waals surface area (Å²) in [7, 11) is 0. The molecule has 1 unspecified atom stereocenters. The van der Waals surface area contributed by atoms with Gasteiger partial charge in [-0.2, -0.15) is 0 Å². The third-order valence-electron chi connectivity index (χ3n) is 6.48. The van der Waals surface area contributed by atoms with Crippen molar-refractivity contribution in [2.45, 2.75) is 24.9 Å². The molecule has 1 N–H and O–H groups in total. The van der Waals surface area contributed by atoms with Crippen molar-refractivity contribution >= 4 is 23.3 Å². The maximum Gasteiger partial charge on any atom is 0.244 e. The average Bonchev–Trinajstić information content (AvgIpc) is 3.35. The first-order valence-corrected chi connectivity index (χ1v) is 9.67. The van der Waals surface area contributed by atoms with Crippen LogP contribution < -0.4 is 9.80 Å². The van der Waals surface area contributed by atoms with Crippen LogP contribution in [-0.4, -0.2) is 36.2 Å². The lowest BCUT2D eigenvalue weighted by molar-refractivity contribution is -0.915. The number of carbonyl (C=O) groups is 3. The fourth-order valence-electron chi connectivity index (χ4n) is 5.39. The van der Waals surface area contributed by atoms with Crippen molar-refractivity contribution in [1.29, 1.82) is 0 Å². The molecule has 5 atom stereocenters. The van der Waals surface area contributed by atoms with E-state index in [1.54, 1.807) is 30.3 Å². The number of Topliss-reactive ketones (excluding diaryl/α,β-unsaturated/α-hetero) is 1. The summed E-state index contributed by atoms with van der Waals surface area (Å²) in [5, 5.41) is 0. The number of halogens is 1. The lowest BCUT2D eigenvalue weighted by Gasteiger charge is -2.25. The van der Waals surface area contributed by atoms with Crippen molar-refractivity contribution < 1.29 is 23.7 Å². The first-order valence-electron chi connectivity index (χ1n) is 9.67. The Labute approximate surface area is 161 Å². The number of hydrogen-bond acceptors (Lipinski definition) is 3. The third-order valence-corrected chi connectivity index (χ3v) is 6.48. The monoisotopic (exact) mass is 379 g/mol. The standard InChI is InChI=1S/C22H19FN2O3/c23-14-9-4-5-10-15(14)25-21(27)17-16-11-6-12-24(16)19(18(17)22(25)28)20(26)13-7-2-1-3-8-13/h1-5,7-10,16-19H,6,11-12H2/p+1/t16-,17-,18-,19+/m1/s1. The maximum absolute atomic E-state index is 14.3. The Kier molecular flexibility index (Phi) is 3.91. The molecular weight excluding hydrogens is 359 g/mol. The molecular formula is C22H20FN2O3+. The van der Waals surface area contributed by atoms with Crippen molar-refractivity contribution in [3.05, 3.63) is 66.0 Å². The number of anilines is 1. The molecule has 0 aliphatic carbocycles. The molecule has 3 aliphatic rings. The highest BCUT2D eigenvalue weighted by atomic mass is 19.1. The van der Waals surface area contributed by atoms with Crippen molar-refractivity contribution in [2.24, 2.45) is 11.8 Å². The molecule has 2 aromatic rings. The van der Waals surface area contributed by atoms with E-state index in [0.29, 0.717) is 5.56 Å². The quantitative estimate of drug-likeness (QED) is 0.645. The molecule has 3 heterocycles. The zero-order valence-corrected chi connectivity index (χ0v) is 15.2. The second-order valence-corrected chi connectivity index (χ2v) is 7.80. The fourth-order valence-corrected chi connectivity index (χ4v) is 5.39. The first kappa shape index (κ1) is 17.3. The van der Waals surface area contributed by atoms with Crippen LogP contribution in [0.15, 0.2) is 54.6 Å². The first-order chi connectivity index (χ1) is 13.6. The van der Waals surface area contributed by atoms with E-state index in [2.05, 4.69) is 0 Å². The highest BCUT2D eigenvalue weighted by Crippen LogP contribution is 2.40. The minimum absolute atomic E-state index is 0.0163. The van der Waals surface area contributed by atoms with Gasteiger partial charge in [-0.1, -0.05) is 42.5 Å². The van der Waals surface area contributed by atoms with E-state index in [1.807, 2.05) is 6.07 Å². The van der Waals surface area contributed by atoms with Gasteiger partial charge in [0.2, 0.25) is 17.6 Å². The summed E-state index contributed by atoms with van der Waals surface area (Å²) in [5.74, 6) is -2.80. The number of para-hydroxylation sites is 1. The van der Waals surface area contributed by atoms with Gasteiger partial charge in [0.05, 0.1) is 12.2 Å². The molecule has 0 bridgehead atoms. The van der Waals surface area contributed by atoms with Crippen LogP contribution in [0, 0.1) is 17.7 Å². The number of rotatable bonds is 3. The summed E-state index contributed by atoms with van der Waals surface area (Å²) in [4.78, 5) is 41.8. The van der Waals surface area contributed by atoms with Crippen molar-refractivity contribution in [3.8, 4) is 0 Å². The minimum atomic E-state index is -0.722. The zero-order valence-electron chi connectivity index (χ0n) is 15.2. The average molecular weight is 379 g/mol. The topological polar surface area (TPSA) is 58.9 Å². The van der Waals surface area contributed by atoms with Gasteiger partial charge in [-0.25, -0.2) is 9.29 Å². The summed E-state index contributed by atoms with van der Waals surface area (Å²) >= 11 is 0. The lowest BCUT2D eigenvalue weighted by atomic mass is 9.85.